The van der Waals surface area contributed by atoms with Gasteiger partial charge in [-0.15, -0.1) is 0 Å². The van der Waals surface area contributed by atoms with Crippen LogP contribution in [0, 0.1) is 6.92 Å². The number of para-hydroxylation sites is 1. The van der Waals surface area contributed by atoms with Crippen molar-refractivity contribution in [2.24, 2.45) is 5.73 Å². The minimum Gasteiger partial charge on any atom is -0.424 e. The molecule has 0 aliphatic rings. The predicted molar refractivity (Wildman–Crippen MR) is 79.9 cm³/mol. The number of nitrogens with zero attached hydrogens (tertiary/aromatic N) is 2. The fourth-order valence-electron chi connectivity index (χ4n) is 2.05. The summed E-state index contributed by atoms with van der Waals surface area (Å²) in [4.78, 5) is 8.63. The molecule has 1 aromatic heterocycles. The van der Waals surface area contributed by atoms with E-state index >= 15 is 0 Å². The van der Waals surface area contributed by atoms with Crippen molar-refractivity contribution in [3.63, 3.8) is 0 Å². The number of nitrogens with two attached hydrogens (primary N) is 1. The number of aromatic nitrogens is 2. The molecular weight excluding hydrogens is 250 g/mol. The number of aryl methyl sites for hydroxylation is 1. The summed E-state index contributed by atoms with van der Waals surface area (Å²) in [6, 6.07) is 10.3. The fourth-order valence-corrected chi connectivity index (χ4v) is 2.05. The smallest absolute Gasteiger partial charge is 0.322 e. The molecule has 1 unspecified atom stereocenters. The quantitative estimate of drug-likeness (QED) is 0.903. The van der Waals surface area contributed by atoms with E-state index in [-0.39, 0.29) is 0 Å². The molecular formula is C16H21N3O. The molecule has 0 radical (unpaired) electrons. The summed E-state index contributed by atoms with van der Waals surface area (Å²) in [5, 5.41) is 0. The molecule has 2 aromatic rings. The SMILES string of the molecule is CCC(C)c1ccccc1Oc1nc(C)cc(CN)n1. The van der Waals surface area contributed by atoms with E-state index < -0.39 is 0 Å². The first-order valence-corrected chi connectivity index (χ1v) is 6.95. The van der Waals surface area contributed by atoms with E-state index in [2.05, 4.69) is 29.9 Å². The molecule has 2 N–H and O–H groups in total. The Hall–Kier alpha value is -1.94. The Bertz CT molecular complexity index is 584. The Labute approximate surface area is 120 Å². The van der Waals surface area contributed by atoms with Gasteiger partial charge in [-0.1, -0.05) is 32.0 Å². The number of ether oxygens (including phenoxy) is 1. The predicted octanol–water partition coefficient (Wildman–Crippen LogP) is 3.55. The molecule has 0 fully saturated rings. The molecule has 1 aromatic carbocycles. The topological polar surface area (TPSA) is 61.0 Å². The van der Waals surface area contributed by atoms with Crippen LogP contribution >= 0.6 is 0 Å². The van der Waals surface area contributed by atoms with Crippen molar-refractivity contribution in [2.45, 2.75) is 39.7 Å². The maximum Gasteiger partial charge on any atom is 0.322 e. The van der Waals surface area contributed by atoms with Gasteiger partial charge in [0.05, 0.1) is 5.69 Å². The Balaban J connectivity index is 2.32. The summed E-state index contributed by atoms with van der Waals surface area (Å²) in [5.41, 5.74) is 8.45. The average Bonchev–Trinajstić information content (AvgIpc) is 2.46. The molecule has 20 heavy (non-hydrogen) atoms. The van der Waals surface area contributed by atoms with Crippen molar-refractivity contribution >= 4 is 0 Å². The fraction of sp³-hybridized carbons (Fsp3) is 0.375. The third-order valence-corrected chi connectivity index (χ3v) is 3.36. The lowest BCUT2D eigenvalue weighted by Gasteiger charge is -2.14. The van der Waals surface area contributed by atoms with Crippen molar-refractivity contribution < 1.29 is 4.74 Å². The Morgan fingerprint density at radius 2 is 2.00 bits per heavy atom. The lowest BCUT2D eigenvalue weighted by molar-refractivity contribution is 0.429. The average molecular weight is 271 g/mol. The first-order valence-electron chi connectivity index (χ1n) is 6.95. The van der Waals surface area contributed by atoms with E-state index in [0.717, 1.165) is 23.6 Å². The van der Waals surface area contributed by atoms with E-state index in [4.69, 9.17) is 10.5 Å². The lowest BCUT2D eigenvalue weighted by Crippen LogP contribution is -2.04. The molecule has 0 bridgehead atoms. The first kappa shape index (κ1) is 14.5. The van der Waals surface area contributed by atoms with Gasteiger partial charge in [0, 0.05) is 12.2 Å². The van der Waals surface area contributed by atoms with Crippen molar-refractivity contribution in [3.8, 4) is 11.8 Å². The minimum absolute atomic E-state index is 0.362. The van der Waals surface area contributed by atoms with Crippen LogP contribution in [-0.4, -0.2) is 9.97 Å². The van der Waals surface area contributed by atoms with Crippen LogP contribution in [0.25, 0.3) is 0 Å². The molecule has 0 aliphatic carbocycles. The van der Waals surface area contributed by atoms with Gasteiger partial charge in [-0.2, -0.15) is 4.98 Å². The van der Waals surface area contributed by atoms with Gasteiger partial charge in [0.25, 0.3) is 0 Å². The second-order valence-electron chi connectivity index (χ2n) is 4.94. The van der Waals surface area contributed by atoms with Crippen LogP contribution in [0.1, 0.15) is 43.1 Å². The summed E-state index contributed by atoms with van der Waals surface area (Å²) >= 11 is 0. The van der Waals surface area contributed by atoms with Crippen LogP contribution in [0.3, 0.4) is 0 Å². The van der Waals surface area contributed by atoms with Crippen LogP contribution in [0.5, 0.6) is 11.8 Å². The van der Waals surface area contributed by atoms with Crippen molar-refractivity contribution in [1.29, 1.82) is 0 Å². The molecule has 1 heterocycles. The normalized spacial score (nSPS) is 12.2. The zero-order chi connectivity index (χ0) is 14.5. The highest BCUT2D eigenvalue weighted by molar-refractivity contribution is 5.37. The summed E-state index contributed by atoms with van der Waals surface area (Å²) in [6.07, 6.45) is 1.06. The van der Waals surface area contributed by atoms with Crippen molar-refractivity contribution in [1.82, 2.24) is 9.97 Å². The van der Waals surface area contributed by atoms with Crippen LogP contribution in [0.15, 0.2) is 30.3 Å². The minimum atomic E-state index is 0.362. The third kappa shape index (κ3) is 3.33. The van der Waals surface area contributed by atoms with Gasteiger partial charge < -0.3 is 10.5 Å². The molecule has 4 heteroatoms. The van der Waals surface area contributed by atoms with E-state index in [9.17, 15) is 0 Å². The van der Waals surface area contributed by atoms with Crippen LogP contribution in [-0.2, 0) is 6.54 Å². The molecule has 4 nitrogen and oxygen atoms in total. The van der Waals surface area contributed by atoms with E-state index in [1.54, 1.807) is 0 Å². The number of hydrogen-bond acceptors (Lipinski definition) is 4. The van der Waals surface area contributed by atoms with Crippen molar-refractivity contribution in [2.75, 3.05) is 0 Å². The van der Waals surface area contributed by atoms with Gasteiger partial charge in [-0.05, 0) is 37.0 Å². The van der Waals surface area contributed by atoms with Gasteiger partial charge in [0.15, 0.2) is 0 Å². The maximum atomic E-state index is 5.88. The van der Waals surface area contributed by atoms with Gasteiger partial charge in [0.1, 0.15) is 5.75 Å². The highest BCUT2D eigenvalue weighted by atomic mass is 16.5. The molecule has 0 aliphatic heterocycles. The maximum absolute atomic E-state index is 5.88. The third-order valence-electron chi connectivity index (χ3n) is 3.36. The van der Waals surface area contributed by atoms with Gasteiger partial charge in [0.2, 0.25) is 0 Å². The summed E-state index contributed by atoms with van der Waals surface area (Å²) in [6.45, 7) is 6.64. The van der Waals surface area contributed by atoms with Gasteiger partial charge in [-0.25, -0.2) is 4.98 Å². The highest BCUT2D eigenvalue weighted by Crippen LogP contribution is 2.30. The lowest BCUT2D eigenvalue weighted by atomic mass is 9.98. The van der Waals surface area contributed by atoms with E-state index in [1.165, 1.54) is 5.56 Å². The summed E-state index contributed by atoms with van der Waals surface area (Å²) < 4.78 is 5.88. The Morgan fingerprint density at radius 1 is 1.25 bits per heavy atom. The number of benzene rings is 1. The molecule has 1 atom stereocenters. The standard InChI is InChI=1S/C16H21N3O/c1-4-11(2)14-7-5-6-8-15(14)20-16-18-12(3)9-13(10-17)19-16/h5-9,11H,4,10,17H2,1-3H3. The van der Waals surface area contributed by atoms with Crippen molar-refractivity contribution in [3.05, 3.63) is 47.3 Å². The van der Waals surface area contributed by atoms with Crippen LogP contribution in [0.4, 0.5) is 0 Å². The molecule has 0 amide bonds. The van der Waals surface area contributed by atoms with Gasteiger partial charge >= 0.3 is 6.01 Å². The summed E-state index contributed by atoms with van der Waals surface area (Å²) in [7, 11) is 0. The second kappa shape index (κ2) is 6.48. The molecule has 0 spiro atoms. The number of rotatable bonds is 5. The summed E-state index contributed by atoms with van der Waals surface area (Å²) in [5.74, 6) is 1.25. The molecule has 2 rings (SSSR count). The molecule has 106 valence electrons. The van der Waals surface area contributed by atoms with E-state index in [1.807, 2.05) is 31.2 Å². The largest absolute Gasteiger partial charge is 0.424 e. The number of hydrogen-bond donors (Lipinski definition) is 1. The van der Waals surface area contributed by atoms with Crippen LogP contribution < -0.4 is 10.5 Å². The second-order valence-corrected chi connectivity index (χ2v) is 4.94. The van der Waals surface area contributed by atoms with Crippen LogP contribution in [0.2, 0.25) is 0 Å². The Morgan fingerprint density at radius 3 is 2.70 bits per heavy atom. The monoisotopic (exact) mass is 271 g/mol. The van der Waals surface area contributed by atoms with E-state index in [0.29, 0.717) is 18.5 Å². The van der Waals surface area contributed by atoms with Gasteiger partial charge in [-0.3, -0.25) is 0 Å². The highest BCUT2D eigenvalue weighted by Gasteiger charge is 2.12. The first-order chi connectivity index (χ1) is 9.63. The zero-order valence-corrected chi connectivity index (χ0v) is 12.3. The molecule has 0 saturated heterocycles. The molecule has 0 saturated carbocycles. The zero-order valence-electron chi connectivity index (χ0n) is 12.3. The Kier molecular flexibility index (Phi) is 4.69.